The Balaban J connectivity index is 2.01. The second-order valence-corrected chi connectivity index (χ2v) is 5.98. The predicted octanol–water partition coefficient (Wildman–Crippen LogP) is 3.18. The van der Waals surface area contributed by atoms with Gasteiger partial charge in [0.1, 0.15) is 6.54 Å². The Kier molecular flexibility index (Phi) is 6.06. The van der Waals surface area contributed by atoms with Crippen LogP contribution < -0.4 is 5.32 Å². The van der Waals surface area contributed by atoms with Crippen molar-refractivity contribution in [3.05, 3.63) is 65.2 Å². The Hall–Kier alpha value is -2.95. The van der Waals surface area contributed by atoms with Gasteiger partial charge in [-0.05, 0) is 49.2 Å². The number of nitrogens with one attached hydrogen (secondary N) is 1. The number of carbonyl (C=O) groups is 3. The Morgan fingerprint density at radius 3 is 2.16 bits per heavy atom. The topological polar surface area (TPSA) is 66.5 Å². The molecule has 5 heteroatoms. The van der Waals surface area contributed by atoms with E-state index < -0.39 is 0 Å². The minimum Gasteiger partial charge on any atom is -0.329 e. The molecule has 0 saturated heterocycles. The fourth-order valence-electron chi connectivity index (χ4n) is 2.43. The van der Waals surface area contributed by atoms with Gasteiger partial charge in [-0.1, -0.05) is 24.3 Å². The van der Waals surface area contributed by atoms with E-state index in [2.05, 4.69) is 5.32 Å². The second kappa shape index (κ2) is 8.24. The van der Waals surface area contributed by atoms with Crippen molar-refractivity contribution in [2.45, 2.75) is 27.3 Å². The van der Waals surface area contributed by atoms with Gasteiger partial charge in [-0.15, -0.1) is 0 Å². The van der Waals surface area contributed by atoms with Crippen molar-refractivity contribution in [1.29, 1.82) is 0 Å². The molecule has 0 aliphatic heterocycles. The van der Waals surface area contributed by atoms with Crippen molar-refractivity contribution in [2.24, 2.45) is 0 Å². The lowest BCUT2D eigenvalue weighted by Crippen LogP contribution is -2.36. The number of carbonyl (C=O) groups excluding carboxylic acids is 3. The number of benzene rings is 2. The van der Waals surface area contributed by atoms with Gasteiger partial charge >= 0.3 is 0 Å². The van der Waals surface area contributed by atoms with Gasteiger partial charge in [-0.25, -0.2) is 0 Å². The van der Waals surface area contributed by atoms with E-state index in [1.165, 1.54) is 18.7 Å². The van der Waals surface area contributed by atoms with Gasteiger partial charge in [0.2, 0.25) is 11.8 Å². The number of amides is 2. The summed E-state index contributed by atoms with van der Waals surface area (Å²) < 4.78 is 0. The van der Waals surface area contributed by atoms with Crippen LogP contribution in [0.5, 0.6) is 0 Å². The van der Waals surface area contributed by atoms with Crippen molar-refractivity contribution in [3.8, 4) is 0 Å². The molecule has 25 heavy (non-hydrogen) atoms. The molecule has 0 aromatic heterocycles. The molecule has 0 saturated carbocycles. The predicted molar refractivity (Wildman–Crippen MR) is 97.3 cm³/mol. The molecule has 130 valence electrons. The lowest BCUT2D eigenvalue weighted by Gasteiger charge is -2.21. The second-order valence-electron chi connectivity index (χ2n) is 5.98. The monoisotopic (exact) mass is 338 g/mol. The summed E-state index contributed by atoms with van der Waals surface area (Å²) in [5.74, 6) is -0.469. The van der Waals surface area contributed by atoms with Crippen LogP contribution in [0.15, 0.2) is 48.5 Å². The standard InChI is InChI=1S/C20H22N2O3/c1-14-6-4-5-7-18(14)12-22(16(3)24)13-20(25)21-19-10-8-17(9-11-19)15(2)23/h4-11H,12-13H2,1-3H3,(H,21,25). The van der Waals surface area contributed by atoms with Crippen LogP contribution in [0.1, 0.15) is 35.3 Å². The number of hydrogen-bond acceptors (Lipinski definition) is 3. The zero-order valence-corrected chi connectivity index (χ0v) is 14.7. The van der Waals surface area contributed by atoms with Crippen molar-refractivity contribution in [1.82, 2.24) is 4.90 Å². The Morgan fingerprint density at radius 2 is 1.60 bits per heavy atom. The number of aryl methyl sites for hydroxylation is 1. The molecule has 0 fully saturated rings. The molecule has 2 aromatic rings. The molecule has 2 rings (SSSR count). The van der Waals surface area contributed by atoms with E-state index in [1.54, 1.807) is 24.3 Å². The van der Waals surface area contributed by atoms with Gasteiger partial charge in [0.05, 0.1) is 0 Å². The van der Waals surface area contributed by atoms with Gasteiger partial charge in [-0.3, -0.25) is 14.4 Å². The first-order valence-electron chi connectivity index (χ1n) is 8.07. The highest BCUT2D eigenvalue weighted by Crippen LogP contribution is 2.12. The van der Waals surface area contributed by atoms with E-state index in [4.69, 9.17) is 0 Å². The van der Waals surface area contributed by atoms with Crippen molar-refractivity contribution in [2.75, 3.05) is 11.9 Å². The smallest absolute Gasteiger partial charge is 0.244 e. The Bertz CT molecular complexity index is 782. The number of Topliss-reactive ketones (excluding diaryl/α,β-unsaturated/α-hetero) is 1. The zero-order valence-electron chi connectivity index (χ0n) is 14.7. The number of rotatable bonds is 6. The van der Waals surface area contributed by atoms with E-state index in [0.717, 1.165) is 11.1 Å². The summed E-state index contributed by atoms with van der Waals surface area (Å²) in [7, 11) is 0. The lowest BCUT2D eigenvalue weighted by molar-refractivity contribution is -0.133. The molecule has 0 radical (unpaired) electrons. The highest BCUT2D eigenvalue weighted by molar-refractivity contribution is 5.96. The maximum atomic E-state index is 12.2. The SMILES string of the molecule is CC(=O)c1ccc(NC(=O)CN(Cc2ccccc2C)C(C)=O)cc1. The minimum atomic E-state index is -0.278. The highest BCUT2D eigenvalue weighted by atomic mass is 16.2. The van der Waals surface area contributed by atoms with Gasteiger partial charge in [0, 0.05) is 24.7 Å². The first kappa shape index (κ1) is 18.4. The molecular weight excluding hydrogens is 316 g/mol. The van der Waals surface area contributed by atoms with Crippen LogP contribution in [0.4, 0.5) is 5.69 Å². The summed E-state index contributed by atoms with van der Waals surface area (Å²) >= 11 is 0. The third-order valence-corrected chi connectivity index (χ3v) is 3.98. The van der Waals surface area contributed by atoms with Crippen molar-refractivity contribution in [3.63, 3.8) is 0 Å². The van der Waals surface area contributed by atoms with E-state index >= 15 is 0 Å². The fraction of sp³-hybridized carbons (Fsp3) is 0.250. The van der Waals surface area contributed by atoms with E-state index in [0.29, 0.717) is 17.8 Å². The van der Waals surface area contributed by atoms with Crippen LogP contribution in [0, 0.1) is 6.92 Å². The van der Waals surface area contributed by atoms with Crippen molar-refractivity contribution < 1.29 is 14.4 Å². The van der Waals surface area contributed by atoms with Crippen LogP contribution in [0.3, 0.4) is 0 Å². The number of ketones is 1. The van der Waals surface area contributed by atoms with Gasteiger partial charge in [-0.2, -0.15) is 0 Å². The molecule has 0 unspecified atom stereocenters. The molecule has 1 N–H and O–H groups in total. The Labute approximate surface area is 147 Å². The summed E-state index contributed by atoms with van der Waals surface area (Å²) in [6, 6.07) is 14.4. The summed E-state index contributed by atoms with van der Waals surface area (Å²) in [6.45, 7) is 5.28. The largest absolute Gasteiger partial charge is 0.329 e. The van der Waals surface area contributed by atoms with Crippen LogP contribution in [-0.2, 0) is 16.1 Å². The maximum absolute atomic E-state index is 12.2. The molecule has 2 amide bonds. The third kappa shape index (κ3) is 5.28. The van der Waals surface area contributed by atoms with Crippen LogP contribution in [0.2, 0.25) is 0 Å². The number of anilines is 1. The number of hydrogen-bond donors (Lipinski definition) is 1. The number of nitrogens with zero attached hydrogens (tertiary/aromatic N) is 1. The summed E-state index contributed by atoms with van der Waals surface area (Å²) in [4.78, 5) is 36.9. The van der Waals surface area contributed by atoms with E-state index in [1.807, 2.05) is 31.2 Å². The molecule has 0 spiro atoms. The van der Waals surface area contributed by atoms with Gasteiger partial charge in [0.15, 0.2) is 5.78 Å². The normalized spacial score (nSPS) is 10.2. The zero-order chi connectivity index (χ0) is 18.4. The first-order chi connectivity index (χ1) is 11.9. The van der Waals surface area contributed by atoms with Gasteiger partial charge < -0.3 is 10.2 Å². The maximum Gasteiger partial charge on any atom is 0.244 e. The first-order valence-corrected chi connectivity index (χ1v) is 8.07. The van der Waals surface area contributed by atoms with Crippen LogP contribution in [-0.4, -0.2) is 29.0 Å². The average molecular weight is 338 g/mol. The van der Waals surface area contributed by atoms with Crippen molar-refractivity contribution >= 4 is 23.3 Å². The molecule has 0 aliphatic rings. The fourth-order valence-corrected chi connectivity index (χ4v) is 2.43. The third-order valence-electron chi connectivity index (χ3n) is 3.98. The lowest BCUT2D eigenvalue weighted by atomic mass is 10.1. The minimum absolute atomic E-state index is 0.0288. The molecule has 0 atom stereocenters. The molecule has 0 bridgehead atoms. The Morgan fingerprint density at radius 1 is 0.960 bits per heavy atom. The van der Waals surface area contributed by atoms with E-state index in [9.17, 15) is 14.4 Å². The quantitative estimate of drug-likeness (QED) is 0.823. The van der Waals surface area contributed by atoms with Crippen LogP contribution in [0.25, 0.3) is 0 Å². The highest BCUT2D eigenvalue weighted by Gasteiger charge is 2.15. The summed E-state index contributed by atoms with van der Waals surface area (Å²) in [6.07, 6.45) is 0. The summed E-state index contributed by atoms with van der Waals surface area (Å²) in [5.41, 5.74) is 3.27. The summed E-state index contributed by atoms with van der Waals surface area (Å²) in [5, 5.41) is 2.75. The molecule has 2 aromatic carbocycles. The molecule has 0 aliphatic carbocycles. The van der Waals surface area contributed by atoms with Crippen LogP contribution >= 0.6 is 0 Å². The van der Waals surface area contributed by atoms with E-state index in [-0.39, 0.29) is 24.1 Å². The molecular formula is C20H22N2O3. The average Bonchev–Trinajstić information content (AvgIpc) is 2.56. The molecule has 0 heterocycles. The van der Waals surface area contributed by atoms with Gasteiger partial charge in [0.25, 0.3) is 0 Å². The molecule has 5 nitrogen and oxygen atoms in total.